The lowest BCUT2D eigenvalue weighted by Crippen LogP contribution is -2.47. The van der Waals surface area contributed by atoms with Gasteiger partial charge in [-0.05, 0) is 79.5 Å². The van der Waals surface area contributed by atoms with Crippen molar-refractivity contribution in [2.45, 2.75) is 62.6 Å². The summed E-state index contributed by atoms with van der Waals surface area (Å²) in [5.74, 6) is -0.901. The molecule has 0 bridgehead atoms. The predicted molar refractivity (Wildman–Crippen MR) is 151 cm³/mol. The number of piperidine rings is 1. The Hall–Kier alpha value is -3.59. The standard InChI is InChI=1S/C32H36F3N3O3/c33-32(34,35)21-36-30(41)31(26-12-4-1-9-23(26)24-10-2-5-13-27(24)31)17-7-8-18-38-19-15-22(16-20-38)37-29(40)25-11-3-6-14-28(25)39/h1,3-6,9,11-14,22,39H,2,7-8,10,15-21H2,(H,36,41)(H,37,40). The zero-order chi connectivity index (χ0) is 29.0. The number of benzene rings is 2. The monoisotopic (exact) mass is 567 g/mol. The van der Waals surface area contributed by atoms with Gasteiger partial charge in [-0.2, -0.15) is 13.2 Å². The van der Waals surface area contributed by atoms with Gasteiger partial charge in [0.2, 0.25) is 5.91 Å². The highest BCUT2D eigenvalue weighted by Crippen LogP contribution is 2.52. The van der Waals surface area contributed by atoms with Crippen LogP contribution in [0.15, 0.2) is 66.3 Å². The third-order valence-electron chi connectivity index (χ3n) is 8.53. The molecule has 3 N–H and O–H groups in total. The van der Waals surface area contributed by atoms with E-state index in [2.05, 4.69) is 15.5 Å². The van der Waals surface area contributed by atoms with Gasteiger partial charge in [-0.25, -0.2) is 0 Å². The number of para-hydroxylation sites is 1. The number of nitrogens with zero attached hydrogens (tertiary/aromatic N) is 1. The number of alkyl halides is 3. The number of hydrogen-bond acceptors (Lipinski definition) is 4. The summed E-state index contributed by atoms with van der Waals surface area (Å²) in [5, 5.41) is 15.2. The van der Waals surface area contributed by atoms with E-state index in [4.69, 9.17) is 0 Å². The van der Waals surface area contributed by atoms with Crippen LogP contribution >= 0.6 is 0 Å². The predicted octanol–water partition coefficient (Wildman–Crippen LogP) is 5.49. The minimum absolute atomic E-state index is 0.0254. The van der Waals surface area contributed by atoms with Gasteiger partial charge in [-0.15, -0.1) is 0 Å². The molecule has 3 aliphatic rings. The highest BCUT2D eigenvalue weighted by Gasteiger charge is 2.50. The Morgan fingerprint density at radius 2 is 1.76 bits per heavy atom. The summed E-state index contributed by atoms with van der Waals surface area (Å²) in [6, 6.07) is 14.1. The van der Waals surface area contributed by atoms with Crippen LogP contribution in [0.5, 0.6) is 5.75 Å². The van der Waals surface area contributed by atoms with Crippen molar-refractivity contribution in [1.82, 2.24) is 15.5 Å². The molecule has 0 aromatic heterocycles. The highest BCUT2D eigenvalue weighted by atomic mass is 19.4. The number of amides is 2. The summed E-state index contributed by atoms with van der Waals surface area (Å²) in [5.41, 5.74) is 2.82. The number of unbranched alkanes of at least 4 members (excludes halogenated alkanes) is 1. The number of rotatable bonds is 9. The van der Waals surface area contributed by atoms with E-state index in [0.29, 0.717) is 12.8 Å². The maximum Gasteiger partial charge on any atom is 0.405 e. The first-order chi connectivity index (χ1) is 19.7. The average molecular weight is 568 g/mol. The Balaban J connectivity index is 1.20. The van der Waals surface area contributed by atoms with Gasteiger partial charge >= 0.3 is 6.18 Å². The van der Waals surface area contributed by atoms with Crippen LogP contribution in [0.4, 0.5) is 13.2 Å². The molecule has 1 atom stereocenters. The summed E-state index contributed by atoms with van der Waals surface area (Å²) in [6.45, 7) is 1.08. The molecule has 0 saturated carbocycles. The molecule has 5 rings (SSSR count). The van der Waals surface area contributed by atoms with Crippen LogP contribution in [-0.2, 0) is 10.2 Å². The van der Waals surface area contributed by atoms with Crippen LogP contribution in [0, 0.1) is 0 Å². The quantitative estimate of drug-likeness (QED) is 0.350. The second kappa shape index (κ2) is 12.1. The molecule has 1 unspecified atom stereocenters. The molecule has 2 aromatic carbocycles. The van der Waals surface area contributed by atoms with Gasteiger partial charge in [0.05, 0.1) is 11.0 Å². The van der Waals surface area contributed by atoms with Gasteiger partial charge in [0.25, 0.3) is 5.91 Å². The summed E-state index contributed by atoms with van der Waals surface area (Å²) < 4.78 is 39.3. The maximum atomic E-state index is 13.6. The van der Waals surface area contributed by atoms with Crippen molar-refractivity contribution < 1.29 is 27.9 Å². The van der Waals surface area contributed by atoms with Gasteiger partial charge in [-0.1, -0.05) is 55.0 Å². The van der Waals surface area contributed by atoms with Crippen LogP contribution in [0.2, 0.25) is 0 Å². The first-order valence-corrected chi connectivity index (χ1v) is 14.4. The van der Waals surface area contributed by atoms with E-state index in [1.165, 1.54) is 6.07 Å². The first-order valence-electron chi connectivity index (χ1n) is 14.4. The molecule has 41 heavy (non-hydrogen) atoms. The van der Waals surface area contributed by atoms with Gasteiger partial charge in [0.15, 0.2) is 0 Å². The molecular formula is C32H36F3N3O3. The molecule has 2 amide bonds. The molecule has 218 valence electrons. The van der Waals surface area contributed by atoms with Gasteiger partial charge < -0.3 is 20.6 Å². The van der Waals surface area contributed by atoms with Crippen LogP contribution < -0.4 is 10.6 Å². The summed E-state index contributed by atoms with van der Waals surface area (Å²) in [6.07, 6.45) is 4.59. The Morgan fingerprint density at radius 3 is 2.51 bits per heavy atom. The number of phenols is 1. The SMILES string of the molecule is O=C(NC1CCN(CCCCC2(C(=O)NCC(F)(F)F)C3=C(CCC=C3)c3ccccc32)CC1)c1ccccc1O. The minimum atomic E-state index is -4.48. The van der Waals surface area contributed by atoms with E-state index in [9.17, 15) is 27.9 Å². The largest absolute Gasteiger partial charge is 0.507 e. The number of hydrogen-bond donors (Lipinski definition) is 3. The number of phenolic OH excluding ortho intramolecular Hbond substituents is 1. The van der Waals surface area contributed by atoms with Gasteiger partial charge in [-0.3, -0.25) is 9.59 Å². The van der Waals surface area contributed by atoms with Gasteiger partial charge in [0, 0.05) is 19.1 Å². The zero-order valence-corrected chi connectivity index (χ0v) is 23.0. The number of likely N-dealkylation sites (tertiary alicyclic amines) is 1. The lowest BCUT2D eigenvalue weighted by atomic mass is 9.71. The molecule has 1 fully saturated rings. The number of carbonyl (C=O) groups excluding carboxylic acids is 2. The van der Waals surface area contributed by atoms with Crippen molar-refractivity contribution in [2.24, 2.45) is 0 Å². The van der Waals surface area contributed by atoms with Crippen LogP contribution in [0.1, 0.15) is 66.4 Å². The molecule has 6 nitrogen and oxygen atoms in total. The van der Waals surface area contributed by atoms with E-state index in [1.54, 1.807) is 18.2 Å². The maximum absolute atomic E-state index is 13.6. The van der Waals surface area contributed by atoms with Crippen LogP contribution in [-0.4, -0.2) is 60.2 Å². The molecule has 0 radical (unpaired) electrons. The van der Waals surface area contributed by atoms with E-state index < -0.39 is 24.0 Å². The lowest BCUT2D eigenvalue weighted by molar-refractivity contribution is -0.141. The first kappa shape index (κ1) is 28.9. The van der Waals surface area contributed by atoms with Gasteiger partial charge in [0.1, 0.15) is 12.3 Å². The number of fused-ring (bicyclic) bond motifs is 2. The van der Waals surface area contributed by atoms with Crippen LogP contribution in [0.3, 0.4) is 0 Å². The van der Waals surface area contributed by atoms with E-state index in [1.807, 2.05) is 36.4 Å². The second-order valence-corrected chi connectivity index (χ2v) is 11.1. The highest BCUT2D eigenvalue weighted by molar-refractivity contribution is 6.01. The fraction of sp³-hybridized carbons (Fsp3) is 0.438. The fourth-order valence-corrected chi connectivity index (χ4v) is 6.52. The molecule has 9 heteroatoms. The Bertz CT molecular complexity index is 1340. The van der Waals surface area contributed by atoms with Crippen molar-refractivity contribution in [3.05, 3.63) is 82.9 Å². The normalized spacial score (nSPS) is 21.0. The lowest BCUT2D eigenvalue weighted by Gasteiger charge is -2.34. The Labute approximate surface area is 238 Å². The van der Waals surface area contributed by atoms with Crippen LogP contribution in [0.25, 0.3) is 5.57 Å². The van der Waals surface area contributed by atoms with Crippen molar-refractivity contribution in [3.63, 3.8) is 0 Å². The molecule has 1 heterocycles. The Kier molecular flexibility index (Phi) is 8.54. The third-order valence-corrected chi connectivity index (χ3v) is 8.53. The molecule has 2 aliphatic carbocycles. The summed E-state index contributed by atoms with van der Waals surface area (Å²) >= 11 is 0. The second-order valence-electron chi connectivity index (χ2n) is 11.1. The molecule has 1 saturated heterocycles. The molecule has 1 aliphatic heterocycles. The Morgan fingerprint density at radius 1 is 1.02 bits per heavy atom. The van der Waals surface area contributed by atoms with E-state index in [0.717, 1.165) is 74.0 Å². The summed E-state index contributed by atoms with van der Waals surface area (Å²) in [7, 11) is 0. The van der Waals surface area contributed by atoms with Crippen molar-refractivity contribution in [2.75, 3.05) is 26.2 Å². The van der Waals surface area contributed by atoms with Crippen molar-refractivity contribution in [1.29, 1.82) is 0 Å². The fourth-order valence-electron chi connectivity index (χ4n) is 6.52. The number of halogens is 3. The number of aromatic hydroxyl groups is 1. The van der Waals surface area contributed by atoms with Crippen molar-refractivity contribution in [3.8, 4) is 5.75 Å². The number of nitrogens with one attached hydrogen (secondary N) is 2. The number of allylic oxidation sites excluding steroid dienone is 3. The van der Waals surface area contributed by atoms with Crippen molar-refractivity contribution >= 4 is 17.4 Å². The summed E-state index contributed by atoms with van der Waals surface area (Å²) in [4.78, 5) is 28.5. The molecular weight excluding hydrogens is 531 g/mol. The van der Waals surface area contributed by atoms with E-state index >= 15 is 0 Å². The topological polar surface area (TPSA) is 81.7 Å². The minimum Gasteiger partial charge on any atom is -0.507 e. The van der Waals surface area contributed by atoms with E-state index in [-0.39, 0.29) is 23.3 Å². The number of carbonyl (C=O) groups is 2. The molecule has 0 spiro atoms. The smallest absolute Gasteiger partial charge is 0.405 e. The zero-order valence-electron chi connectivity index (χ0n) is 23.0. The average Bonchev–Trinajstić information content (AvgIpc) is 3.25. The molecule has 2 aromatic rings. The third kappa shape index (κ3) is 6.20.